The van der Waals surface area contributed by atoms with Crippen molar-refractivity contribution in [1.82, 2.24) is 4.98 Å². The van der Waals surface area contributed by atoms with E-state index in [1.807, 2.05) is 31.2 Å². The molecule has 1 aromatic heterocycles. The van der Waals surface area contributed by atoms with Crippen LogP contribution in [-0.4, -0.2) is 16.1 Å². The first-order valence-corrected chi connectivity index (χ1v) is 7.08. The number of rotatable bonds is 3. The molecule has 4 nitrogen and oxygen atoms in total. The highest BCUT2D eigenvalue weighted by molar-refractivity contribution is 6.31. The molecule has 23 heavy (non-hydrogen) atoms. The molecule has 0 amide bonds. The number of anilines is 2. The number of aromatic carboxylic acids is 1. The summed E-state index contributed by atoms with van der Waals surface area (Å²) in [6.07, 6.45) is 0. The van der Waals surface area contributed by atoms with E-state index in [1.165, 1.54) is 0 Å². The highest BCUT2D eigenvalue weighted by Gasteiger charge is 2.07. The summed E-state index contributed by atoms with van der Waals surface area (Å²) in [5.74, 6) is -0.956. The summed E-state index contributed by atoms with van der Waals surface area (Å²) in [4.78, 5) is 15.5. The summed E-state index contributed by atoms with van der Waals surface area (Å²) in [5.41, 5.74) is 3.48. The van der Waals surface area contributed by atoms with Gasteiger partial charge in [0.15, 0.2) is 0 Å². The predicted molar refractivity (Wildman–Crippen MR) is 95.4 cm³/mol. The Morgan fingerprint density at radius 2 is 1.96 bits per heavy atom. The fourth-order valence-corrected chi connectivity index (χ4v) is 2.49. The van der Waals surface area contributed by atoms with E-state index in [1.54, 1.807) is 24.3 Å². The van der Waals surface area contributed by atoms with Gasteiger partial charge in [0.2, 0.25) is 0 Å². The minimum absolute atomic E-state index is 0. The van der Waals surface area contributed by atoms with E-state index in [0.717, 1.165) is 22.3 Å². The van der Waals surface area contributed by atoms with Crippen LogP contribution in [0.15, 0.2) is 48.5 Å². The smallest absolute Gasteiger partial charge is 0.335 e. The van der Waals surface area contributed by atoms with Crippen LogP contribution in [0.1, 0.15) is 16.1 Å². The van der Waals surface area contributed by atoms with Crippen LogP contribution in [0, 0.1) is 6.92 Å². The number of carboxylic acids is 1. The van der Waals surface area contributed by atoms with Crippen molar-refractivity contribution >= 4 is 52.3 Å². The Labute approximate surface area is 144 Å². The standard InChI is InChI=1S/C17H13ClN2O2.ClH/c1-10-7-16(14-9-12(18)5-6-15(14)19-10)20-13-4-2-3-11(8-13)17(21)22;/h2-9H,1H3,(H,19,20)(H,21,22);1H. The molecule has 0 atom stereocenters. The topological polar surface area (TPSA) is 62.2 Å². The van der Waals surface area contributed by atoms with Gasteiger partial charge in [-0.15, -0.1) is 12.4 Å². The molecule has 0 radical (unpaired) electrons. The number of carboxylic acid groups (broad SMARTS) is 1. The van der Waals surface area contributed by atoms with Crippen LogP contribution in [0.4, 0.5) is 11.4 Å². The van der Waals surface area contributed by atoms with E-state index in [4.69, 9.17) is 16.7 Å². The minimum atomic E-state index is -0.956. The third-order valence-corrected chi connectivity index (χ3v) is 3.52. The Bertz CT molecular complexity index is 882. The van der Waals surface area contributed by atoms with E-state index in [0.29, 0.717) is 10.7 Å². The van der Waals surface area contributed by atoms with Crippen LogP contribution in [0.25, 0.3) is 10.9 Å². The molecule has 3 rings (SSSR count). The van der Waals surface area contributed by atoms with Crippen LogP contribution < -0.4 is 5.32 Å². The zero-order valence-electron chi connectivity index (χ0n) is 12.2. The monoisotopic (exact) mass is 348 g/mol. The van der Waals surface area contributed by atoms with Gasteiger partial charge in [0.25, 0.3) is 0 Å². The molecule has 6 heteroatoms. The van der Waals surface area contributed by atoms with Crippen LogP contribution in [0.3, 0.4) is 0 Å². The Kier molecular flexibility index (Phi) is 5.08. The molecular formula is C17H14Cl2N2O2. The number of halogens is 2. The van der Waals surface area contributed by atoms with Crippen LogP contribution >= 0.6 is 24.0 Å². The second-order valence-electron chi connectivity index (χ2n) is 4.98. The summed E-state index contributed by atoms with van der Waals surface area (Å²) in [6, 6.07) is 14.1. The number of hydrogen-bond acceptors (Lipinski definition) is 3. The van der Waals surface area contributed by atoms with Crippen molar-refractivity contribution in [2.45, 2.75) is 6.92 Å². The summed E-state index contributed by atoms with van der Waals surface area (Å²) in [7, 11) is 0. The maximum absolute atomic E-state index is 11.1. The quantitative estimate of drug-likeness (QED) is 0.694. The molecule has 0 spiro atoms. The van der Waals surface area contributed by atoms with Crippen molar-refractivity contribution < 1.29 is 9.90 Å². The number of fused-ring (bicyclic) bond motifs is 1. The third kappa shape index (κ3) is 3.73. The number of aryl methyl sites for hydroxylation is 1. The van der Waals surface area contributed by atoms with Crippen molar-refractivity contribution in [2.24, 2.45) is 0 Å². The van der Waals surface area contributed by atoms with Crippen LogP contribution in [0.5, 0.6) is 0 Å². The zero-order chi connectivity index (χ0) is 15.7. The van der Waals surface area contributed by atoms with Gasteiger partial charge in [0.1, 0.15) is 0 Å². The molecule has 0 aliphatic carbocycles. The molecule has 3 aromatic rings. The molecule has 2 N–H and O–H groups in total. The van der Waals surface area contributed by atoms with Gasteiger partial charge in [-0.2, -0.15) is 0 Å². The highest BCUT2D eigenvalue weighted by atomic mass is 35.5. The third-order valence-electron chi connectivity index (χ3n) is 3.29. The maximum atomic E-state index is 11.1. The molecule has 0 saturated carbocycles. The van der Waals surface area contributed by atoms with Gasteiger partial charge >= 0.3 is 5.97 Å². The number of carbonyl (C=O) groups is 1. The van der Waals surface area contributed by atoms with Gasteiger partial charge in [-0.05, 0) is 49.4 Å². The average Bonchev–Trinajstić information content (AvgIpc) is 2.48. The molecule has 2 aromatic carbocycles. The van der Waals surface area contributed by atoms with Gasteiger partial charge in [-0.1, -0.05) is 17.7 Å². The molecule has 118 valence electrons. The lowest BCUT2D eigenvalue weighted by Gasteiger charge is -2.11. The summed E-state index contributed by atoms with van der Waals surface area (Å²) >= 11 is 6.07. The number of nitrogens with one attached hydrogen (secondary N) is 1. The SMILES string of the molecule is Cc1cc(Nc2cccc(C(=O)O)c2)c2cc(Cl)ccc2n1.Cl. The van der Waals surface area contributed by atoms with Gasteiger partial charge in [-0.25, -0.2) is 4.79 Å². The normalized spacial score (nSPS) is 10.2. The Balaban J connectivity index is 0.00000192. The number of nitrogens with zero attached hydrogens (tertiary/aromatic N) is 1. The molecule has 0 bridgehead atoms. The first-order chi connectivity index (χ1) is 10.5. The molecule has 0 fully saturated rings. The summed E-state index contributed by atoms with van der Waals surface area (Å²) in [6.45, 7) is 1.91. The Hall–Kier alpha value is -2.30. The maximum Gasteiger partial charge on any atom is 0.335 e. The largest absolute Gasteiger partial charge is 0.478 e. The van der Waals surface area contributed by atoms with Gasteiger partial charge in [0, 0.05) is 27.5 Å². The van der Waals surface area contributed by atoms with Crippen molar-refractivity contribution in [3.8, 4) is 0 Å². The molecule has 0 saturated heterocycles. The first kappa shape index (κ1) is 17.1. The molecular weight excluding hydrogens is 335 g/mol. The second-order valence-corrected chi connectivity index (χ2v) is 5.42. The lowest BCUT2D eigenvalue weighted by Crippen LogP contribution is -1.99. The fraction of sp³-hybridized carbons (Fsp3) is 0.0588. The van der Waals surface area contributed by atoms with E-state index in [2.05, 4.69) is 10.3 Å². The Morgan fingerprint density at radius 1 is 1.17 bits per heavy atom. The number of hydrogen-bond donors (Lipinski definition) is 2. The zero-order valence-corrected chi connectivity index (χ0v) is 13.8. The Morgan fingerprint density at radius 3 is 2.70 bits per heavy atom. The van der Waals surface area contributed by atoms with E-state index < -0.39 is 5.97 Å². The van der Waals surface area contributed by atoms with Gasteiger partial charge < -0.3 is 10.4 Å². The van der Waals surface area contributed by atoms with Crippen LogP contribution in [-0.2, 0) is 0 Å². The van der Waals surface area contributed by atoms with E-state index >= 15 is 0 Å². The summed E-state index contributed by atoms with van der Waals surface area (Å²) < 4.78 is 0. The van der Waals surface area contributed by atoms with Gasteiger partial charge in [-0.3, -0.25) is 4.98 Å². The first-order valence-electron chi connectivity index (χ1n) is 6.70. The van der Waals surface area contributed by atoms with Crippen molar-refractivity contribution in [2.75, 3.05) is 5.32 Å². The van der Waals surface area contributed by atoms with E-state index in [9.17, 15) is 4.79 Å². The number of aromatic nitrogens is 1. The fourth-order valence-electron chi connectivity index (χ4n) is 2.32. The average molecular weight is 349 g/mol. The number of benzene rings is 2. The highest BCUT2D eigenvalue weighted by Crippen LogP contribution is 2.29. The van der Waals surface area contributed by atoms with Crippen molar-refractivity contribution in [3.05, 3.63) is 64.8 Å². The molecule has 0 aliphatic rings. The minimum Gasteiger partial charge on any atom is -0.478 e. The van der Waals surface area contributed by atoms with Crippen molar-refractivity contribution in [3.63, 3.8) is 0 Å². The second kappa shape index (κ2) is 6.86. The van der Waals surface area contributed by atoms with E-state index in [-0.39, 0.29) is 18.0 Å². The van der Waals surface area contributed by atoms with Crippen LogP contribution in [0.2, 0.25) is 5.02 Å². The van der Waals surface area contributed by atoms with Gasteiger partial charge in [0.05, 0.1) is 11.1 Å². The molecule has 1 heterocycles. The number of pyridine rings is 1. The molecule has 0 aliphatic heterocycles. The molecule has 0 unspecified atom stereocenters. The van der Waals surface area contributed by atoms with Crippen molar-refractivity contribution in [1.29, 1.82) is 0 Å². The predicted octanol–water partition coefficient (Wildman–Crippen LogP) is 5.06. The lowest BCUT2D eigenvalue weighted by atomic mass is 10.1. The lowest BCUT2D eigenvalue weighted by molar-refractivity contribution is 0.0697. The summed E-state index contributed by atoms with van der Waals surface area (Å²) in [5, 5.41) is 13.8.